The SMILES string of the molecule is CCNC(C)c1nnc(-c2cccc(C)c2)o1. The fourth-order valence-corrected chi connectivity index (χ4v) is 1.70. The molecule has 2 rings (SSSR count). The zero-order valence-electron chi connectivity index (χ0n) is 10.4. The molecule has 17 heavy (non-hydrogen) atoms. The Morgan fingerprint density at radius 2 is 2.18 bits per heavy atom. The Kier molecular flexibility index (Phi) is 3.54. The number of hydrogen-bond donors (Lipinski definition) is 1. The van der Waals surface area contributed by atoms with Crippen LogP contribution >= 0.6 is 0 Å². The monoisotopic (exact) mass is 231 g/mol. The molecule has 0 bridgehead atoms. The lowest BCUT2D eigenvalue weighted by Gasteiger charge is -2.05. The molecule has 2 aromatic rings. The second-order valence-electron chi connectivity index (χ2n) is 4.09. The van der Waals surface area contributed by atoms with Gasteiger partial charge in [-0.3, -0.25) is 0 Å². The van der Waals surface area contributed by atoms with E-state index in [0.29, 0.717) is 11.8 Å². The van der Waals surface area contributed by atoms with Crippen LogP contribution in [0.15, 0.2) is 28.7 Å². The van der Waals surface area contributed by atoms with Gasteiger partial charge in [0.05, 0.1) is 6.04 Å². The maximum atomic E-state index is 5.65. The van der Waals surface area contributed by atoms with Gasteiger partial charge in [-0.05, 0) is 32.5 Å². The van der Waals surface area contributed by atoms with Crippen LogP contribution in [-0.4, -0.2) is 16.7 Å². The van der Waals surface area contributed by atoms with Crippen molar-refractivity contribution >= 4 is 0 Å². The third-order valence-corrected chi connectivity index (χ3v) is 2.59. The fraction of sp³-hybridized carbons (Fsp3) is 0.385. The van der Waals surface area contributed by atoms with Gasteiger partial charge in [0.25, 0.3) is 0 Å². The highest BCUT2D eigenvalue weighted by Gasteiger charge is 2.13. The molecular weight excluding hydrogens is 214 g/mol. The number of benzene rings is 1. The molecule has 90 valence electrons. The van der Waals surface area contributed by atoms with Gasteiger partial charge in [-0.15, -0.1) is 10.2 Å². The van der Waals surface area contributed by atoms with E-state index in [2.05, 4.69) is 15.5 Å². The predicted octanol–water partition coefficient (Wildman–Crippen LogP) is 2.72. The van der Waals surface area contributed by atoms with Crippen LogP contribution in [0.1, 0.15) is 31.3 Å². The first-order valence-electron chi connectivity index (χ1n) is 5.84. The maximum Gasteiger partial charge on any atom is 0.247 e. The molecule has 0 aliphatic rings. The van der Waals surface area contributed by atoms with Gasteiger partial charge in [-0.2, -0.15) is 0 Å². The molecule has 0 radical (unpaired) electrons. The van der Waals surface area contributed by atoms with Gasteiger partial charge < -0.3 is 9.73 Å². The molecule has 0 fully saturated rings. The van der Waals surface area contributed by atoms with Crippen molar-refractivity contribution in [1.82, 2.24) is 15.5 Å². The van der Waals surface area contributed by atoms with E-state index in [-0.39, 0.29) is 6.04 Å². The average Bonchev–Trinajstić information content (AvgIpc) is 2.78. The molecule has 0 saturated carbocycles. The molecule has 0 saturated heterocycles. The highest BCUT2D eigenvalue weighted by molar-refractivity contribution is 5.53. The Morgan fingerprint density at radius 3 is 2.88 bits per heavy atom. The van der Waals surface area contributed by atoms with Crippen LogP contribution in [-0.2, 0) is 0 Å². The number of aryl methyl sites for hydroxylation is 1. The third kappa shape index (κ3) is 2.71. The minimum Gasteiger partial charge on any atom is -0.419 e. The molecular formula is C13H17N3O. The van der Waals surface area contributed by atoms with Crippen molar-refractivity contribution in [2.75, 3.05) is 6.54 Å². The Hall–Kier alpha value is -1.68. The highest BCUT2D eigenvalue weighted by atomic mass is 16.4. The molecule has 1 aromatic heterocycles. The Bertz CT molecular complexity index is 493. The van der Waals surface area contributed by atoms with E-state index >= 15 is 0 Å². The average molecular weight is 231 g/mol. The van der Waals surface area contributed by atoms with Crippen molar-refractivity contribution < 1.29 is 4.42 Å². The van der Waals surface area contributed by atoms with Crippen LogP contribution < -0.4 is 5.32 Å². The first-order valence-corrected chi connectivity index (χ1v) is 5.84. The topological polar surface area (TPSA) is 51.0 Å². The number of hydrogen-bond acceptors (Lipinski definition) is 4. The molecule has 1 unspecified atom stereocenters. The molecule has 0 aliphatic heterocycles. The summed E-state index contributed by atoms with van der Waals surface area (Å²) in [5.41, 5.74) is 2.15. The van der Waals surface area contributed by atoms with Crippen molar-refractivity contribution in [2.24, 2.45) is 0 Å². The summed E-state index contributed by atoms with van der Waals surface area (Å²) in [5.74, 6) is 1.21. The summed E-state index contributed by atoms with van der Waals surface area (Å²) in [6, 6.07) is 8.13. The third-order valence-electron chi connectivity index (χ3n) is 2.59. The van der Waals surface area contributed by atoms with E-state index in [1.807, 2.05) is 45.0 Å². The highest BCUT2D eigenvalue weighted by Crippen LogP contribution is 2.21. The summed E-state index contributed by atoms with van der Waals surface area (Å²) >= 11 is 0. The van der Waals surface area contributed by atoms with Crippen LogP contribution in [0.4, 0.5) is 0 Å². The van der Waals surface area contributed by atoms with E-state index in [0.717, 1.165) is 12.1 Å². The Balaban J connectivity index is 2.23. The smallest absolute Gasteiger partial charge is 0.247 e. The molecule has 1 N–H and O–H groups in total. The van der Waals surface area contributed by atoms with Gasteiger partial charge in [0.15, 0.2) is 0 Å². The minimum atomic E-state index is 0.0889. The molecule has 4 heteroatoms. The van der Waals surface area contributed by atoms with E-state index in [1.54, 1.807) is 0 Å². The van der Waals surface area contributed by atoms with Crippen molar-refractivity contribution in [2.45, 2.75) is 26.8 Å². The van der Waals surface area contributed by atoms with Gasteiger partial charge in [-0.25, -0.2) is 0 Å². The second-order valence-corrected chi connectivity index (χ2v) is 4.09. The summed E-state index contributed by atoms with van der Waals surface area (Å²) in [6.45, 7) is 6.98. The zero-order valence-corrected chi connectivity index (χ0v) is 10.4. The van der Waals surface area contributed by atoms with Crippen LogP contribution in [0.2, 0.25) is 0 Å². The van der Waals surface area contributed by atoms with Gasteiger partial charge in [0.1, 0.15) is 0 Å². The first kappa shape index (κ1) is 11.8. The van der Waals surface area contributed by atoms with Crippen molar-refractivity contribution in [3.8, 4) is 11.5 Å². The van der Waals surface area contributed by atoms with Gasteiger partial charge in [0, 0.05) is 5.56 Å². The summed E-state index contributed by atoms with van der Waals surface area (Å²) in [6.07, 6.45) is 0. The summed E-state index contributed by atoms with van der Waals surface area (Å²) < 4.78 is 5.65. The number of rotatable bonds is 4. The van der Waals surface area contributed by atoms with Crippen LogP contribution in [0.3, 0.4) is 0 Å². The molecule has 1 atom stereocenters. The molecule has 1 aromatic carbocycles. The van der Waals surface area contributed by atoms with Crippen molar-refractivity contribution in [1.29, 1.82) is 0 Å². The number of aromatic nitrogens is 2. The molecule has 4 nitrogen and oxygen atoms in total. The molecule has 0 aliphatic carbocycles. The Morgan fingerprint density at radius 1 is 1.35 bits per heavy atom. The lowest BCUT2D eigenvalue weighted by Crippen LogP contribution is -2.17. The quantitative estimate of drug-likeness (QED) is 0.879. The van der Waals surface area contributed by atoms with Crippen molar-refractivity contribution in [3.05, 3.63) is 35.7 Å². The lowest BCUT2D eigenvalue weighted by molar-refractivity contribution is 0.429. The Labute approximate surface area is 101 Å². The zero-order chi connectivity index (χ0) is 12.3. The van der Waals surface area contributed by atoms with Crippen molar-refractivity contribution in [3.63, 3.8) is 0 Å². The lowest BCUT2D eigenvalue weighted by atomic mass is 10.1. The van der Waals surface area contributed by atoms with Gasteiger partial charge in [-0.1, -0.05) is 24.6 Å². The van der Waals surface area contributed by atoms with E-state index < -0.39 is 0 Å². The molecule has 1 heterocycles. The number of nitrogens with zero attached hydrogens (tertiary/aromatic N) is 2. The summed E-state index contributed by atoms with van der Waals surface area (Å²) in [5, 5.41) is 11.4. The van der Waals surface area contributed by atoms with Gasteiger partial charge >= 0.3 is 0 Å². The van der Waals surface area contributed by atoms with Crippen LogP contribution in [0.5, 0.6) is 0 Å². The maximum absolute atomic E-state index is 5.65. The van der Waals surface area contributed by atoms with Crippen LogP contribution in [0.25, 0.3) is 11.5 Å². The van der Waals surface area contributed by atoms with E-state index in [9.17, 15) is 0 Å². The first-order chi connectivity index (χ1) is 8.20. The normalized spacial score (nSPS) is 12.6. The van der Waals surface area contributed by atoms with E-state index in [1.165, 1.54) is 5.56 Å². The summed E-state index contributed by atoms with van der Waals surface area (Å²) in [7, 11) is 0. The largest absolute Gasteiger partial charge is 0.419 e. The standard InChI is InChI=1S/C13H17N3O/c1-4-14-10(3)12-15-16-13(17-12)11-7-5-6-9(2)8-11/h5-8,10,14H,4H2,1-3H3. The minimum absolute atomic E-state index is 0.0889. The molecule has 0 amide bonds. The number of nitrogens with one attached hydrogen (secondary N) is 1. The van der Waals surface area contributed by atoms with Crippen LogP contribution in [0, 0.1) is 6.92 Å². The van der Waals surface area contributed by atoms with Gasteiger partial charge in [0.2, 0.25) is 11.8 Å². The second kappa shape index (κ2) is 5.10. The van der Waals surface area contributed by atoms with E-state index in [4.69, 9.17) is 4.42 Å². The molecule has 0 spiro atoms. The fourth-order valence-electron chi connectivity index (χ4n) is 1.70. The predicted molar refractivity (Wildman–Crippen MR) is 66.6 cm³/mol. The summed E-state index contributed by atoms with van der Waals surface area (Å²) in [4.78, 5) is 0.